The van der Waals surface area contributed by atoms with E-state index >= 15 is 0 Å². The van der Waals surface area contributed by atoms with Gasteiger partial charge in [0.25, 0.3) is 0 Å². The molecule has 15 heavy (non-hydrogen) atoms. The number of aryl methyl sites for hydroxylation is 1. The van der Waals surface area contributed by atoms with E-state index in [0.29, 0.717) is 24.6 Å². The normalized spacial score (nSPS) is 10.1. The highest BCUT2D eigenvalue weighted by Gasteiger charge is 2.07. The van der Waals surface area contributed by atoms with Crippen molar-refractivity contribution < 1.29 is 4.52 Å². The van der Waals surface area contributed by atoms with E-state index in [1.54, 1.807) is 11.3 Å². The monoisotopic (exact) mass is 219 g/mol. The predicted molar refractivity (Wildman–Crippen MR) is 56.2 cm³/mol. The van der Waals surface area contributed by atoms with Gasteiger partial charge in [-0.15, -0.1) is 0 Å². The van der Waals surface area contributed by atoms with Crippen LogP contribution in [0.5, 0.6) is 0 Å². The number of hydrogen-bond acceptors (Lipinski definition) is 5. The van der Waals surface area contributed by atoms with Crippen molar-refractivity contribution in [1.29, 1.82) is 5.26 Å². The van der Waals surface area contributed by atoms with Crippen LogP contribution in [0.4, 0.5) is 0 Å². The maximum absolute atomic E-state index is 8.38. The fourth-order valence-electron chi connectivity index (χ4n) is 1.18. The molecule has 2 aromatic rings. The van der Waals surface area contributed by atoms with Crippen LogP contribution in [0.15, 0.2) is 21.3 Å². The summed E-state index contributed by atoms with van der Waals surface area (Å²) < 4.78 is 5.07. The van der Waals surface area contributed by atoms with Gasteiger partial charge < -0.3 is 4.52 Å². The lowest BCUT2D eigenvalue weighted by Crippen LogP contribution is -1.84. The zero-order chi connectivity index (χ0) is 10.5. The van der Waals surface area contributed by atoms with Crippen molar-refractivity contribution in [3.05, 3.63) is 22.7 Å². The number of unbranched alkanes of at least 4 members (excludes halogenated alkanes) is 1. The maximum Gasteiger partial charge on any atom is 0.226 e. The third-order valence-corrected chi connectivity index (χ3v) is 2.61. The fraction of sp³-hybridized carbons (Fsp3) is 0.300. The molecule has 0 aliphatic rings. The molecule has 0 spiro atoms. The van der Waals surface area contributed by atoms with Crippen molar-refractivity contribution in [2.45, 2.75) is 19.3 Å². The van der Waals surface area contributed by atoms with Crippen molar-refractivity contribution in [3.63, 3.8) is 0 Å². The quantitative estimate of drug-likeness (QED) is 0.741. The number of rotatable bonds is 4. The smallest absolute Gasteiger partial charge is 0.226 e. The van der Waals surface area contributed by atoms with Crippen molar-refractivity contribution >= 4 is 11.3 Å². The van der Waals surface area contributed by atoms with Crippen LogP contribution in [0.1, 0.15) is 18.7 Å². The first-order valence-electron chi connectivity index (χ1n) is 4.62. The number of aromatic nitrogens is 2. The maximum atomic E-state index is 8.38. The van der Waals surface area contributed by atoms with Gasteiger partial charge >= 0.3 is 0 Å². The topological polar surface area (TPSA) is 62.7 Å². The van der Waals surface area contributed by atoms with Gasteiger partial charge in [0.05, 0.1) is 6.07 Å². The van der Waals surface area contributed by atoms with Crippen LogP contribution in [0.3, 0.4) is 0 Å². The summed E-state index contributed by atoms with van der Waals surface area (Å²) >= 11 is 1.60. The third-order valence-electron chi connectivity index (χ3n) is 1.93. The Bertz CT molecular complexity index is 455. The van der Waals surface area contributed by atoms with Gasteiger partial charge in [-0.3, -0.25) is 0 Å². The Labute approximate surface area is 91.2 Å². The Hall–Kier alpha value is -1.67. The van der Waals surface area contributed by atoms with Gasteiger partial charge in [0, 0.05) is 23.8 Å². The zero-order valence-electron chi connectivity index (χ0n) is 8.01. The number of thiophene rings is 1. The van der Waals surface area contributed by atoms with Gasteiger partial charge in [-0.1, -0.05) is 5.16 Å². The van der Waals surface area contributed by atoms with Gasteiger partial charge in [0.2, 0.25) is 11.7 Å². The highest BCUT2D eigenvalue weighted by atomic mass is 32.1. The molecule has 0 radical (unpaired) electrons. The summed E-state index contributed by atoms with van der Waals surface area (Å²) in [4.78, 5) is 4.24. The third kappa shape index (κ3) is 2.42. The molecule has 0 N–H and O–H groups in total. The molecule has 76 valence electrons. The van der Waals surface area contributed by atoms with Gasteiger partial charge in [-0.05, 0) is 17.9 Å². The summed E-state index contributed by atoms with van der Waals surface area (Å²) in [5, 5.41) is 16.2. The molecule has 0 saturated heterocycles. The second-order valence-corrected chi connectivity index (χ2v) is 3.82. The van der Waals surface area contributed by atoms with E-state index in [1.165, 1.54) is 0 Å². The number of nitriles is 1. The van der Waals surface area contributed by atoms with Gasteiger partial charge in [0.15, 0.2) is 0 Å². The van der Waals surface area contributed by atoms with Crippen LogP contribution in [0.25, 0.3) is 11.4 Å². The molecule has 0 aliphatic carbocycles. The minimum Gasteiger partial charge on any atom is -0.339 e. The van der Waals surface area contributed by atoms with E-state index in [9.17, 15) is 0 Å². The van der Waals surface area contributed by atoms with Crippen molar-refractivity contribution in [1.82, 2.24) is 10.1 Å². The van der Waals surface area contributed by atoms with E-state index in [-0.39, 0.29) is 0 Å². The average Bonchev–Trinajstić information content (AvgIpc) is 2.87. The lowest BCUT2D eigenvalue weighted by Gasteiger charge is -1.86. The highest BCUT2D eigenvalue weighted by molar-refractivity contribution is 7.08. The molecule has 4 nitrogen and oxygen atoms in total. The summed E-state index contributed by atoms with van der Waals surface area (Å²) in [6, 6.07) is 4.04. The molecule has 0 bridgehead atoms. The van der Waals surface area contributed by atoms with Gasteiger partial charge in [0.1, 0.15) is 0 Å². The van der Waals surface area contributed by atoms with Gasteiger partial charge in [-0.2, -0.15) is 21.6 Å². The lowest BCUT2D eigenvalue weighted by molar-refractivity contribution is 0.376. The lowest BCUT2D eigenvalue weighted by atomic mass is 10.2. The standard InChI is InChI=1S/C10H9N3OS/c11-5-2-1-3-9-12-10(13-14-9)8-4-6-15-7-8/h4,6-7H,1-3H2. The Balaban J connectivity index is 2.02. The van der Waals surface area contributed by atoms with Crippen LogP contribution in [0, 0.1) is 11.3 Å². The van der Waals surface area contributed by atoms with Crippen LogP contribution in [-0.2, 0) is 6.42 Å². The molecular formula is C10H9N3OS. The van der Waals surface area contributed by atoms with Crippen LogP contribution in [0.2, 0.25) is 0 Å². The first-order chi connectivity index (χ1) is 7.40. The summed E-state index contributed by atoms with van der Waals surface area (Å²) in [6.45, 7) is 0. The summed E-state index contributed by atoms with van der Waals surface area (Å²) in [7, 11) is 0. The Morgan fingerprint density at radius 3 is 3.20 bits per heavy atom. The number of nitrogens with zero attached hydrogens (tertiary/aromatic N) is 3. The summed E-state index contributed by atoms with van der Waals surface area (Å²) in [5.41, 5.74) is 0.982. The van der Waals surface area contributed by atoms with Crippen molar-refractivity contribution in [2.75, 3.05) is 0 Å². The molecule has 0 saturated carbocycles. The molecule has 2 aromatic heterocycles. The minimum atomic E-state index is 0.524. The molecule has 0 aliphatic heterocycles. The first kappa shape index (κ1) is 9.87. The molecule has 0 amide bonds. The van der Waals surface area contributed by atoms with E-state index in [1.807, 2.05) is 16.8 Å². The second kappa shape index (κ2) is 4.71. The average molecular weight is 219 g/mol. The van der Waals surface area contributed by atoms with Crippen LogP contribution >= 0.6 is 11.3 Å². The zero-order valence-corrected chi connectivity index (χ0v) is 8.83. The van der Waals surface area contributed by atoms with Crippen molar-refractivity contribution in [3.8, 4) is 17.5 Å². The summed E-state index contributed by atoms with van der Waals surface area (Å²) in [5.74, 6) is 1.23. The molecule has 0 aromatic carbocycles. The molecule has 2 heterocycles. The second-order valence-electron chi connectivity index (χ2n) is 3.04. The first-order valence-corrected chi connectivity index (χ1v) is 5.56. The molecule has 0 atom stereocenters. The predicted octanol–water partition coefficient (Wildman–Crippen LogP) is 2.64. The van der Waals surface area contributed by atoms with E-state index in [2.05, 4.69) is 16.2 Å². The van der Waals surface area contributed by atoms with Crippen molar-refractivity contribution in [2.24, 2.45) is 0 Å². The molecule has 2 rings (SSSR count). The van der Waals surface area contributed by atoms with E-state index in [4.69, 9.17) is 9.78 Å². The minimum absolute atomic E-state index is 0.524. The van der Waals surface area contributed by atoms with Crippen LogP contribution < -0.4 is 0 Å². The molecule has 0 unspecified atom stereocenters. The van der Waals surface area contributed by atoms with Gasteiger partial charge in [-0.25, -0.2) is 0 Å². The summed E-state index contributed by atoms with van der Waals surface area (Å²) in [6.07, 6.45) is 1.96. The molecule has 0 fully saturated rings. The SMILES string of the molecule is N#CCCCc1nc(-c2ccsc2)no1. The molecular weight excluding hydrogens is 210 g/mol. The van der Waals surface area contributed by atoms with E-state index in [0.717, 1.165) is 12.0 Å². The largest absolute Gasteiger partial charge is 0.339 e. The van der Waals surface area contributed by atoms with E-state index < -0.39 is 0 Å². The number of hydrogen-bond donors (Lipinski definition) is 0. The Morgan fingerprint density at radius 1 is 1.53 bits per heavy atom. The fourth-order valence-corrected chi connectivity index (χ4v) is 1.82. The Kier molecular flexibility index (Phi) is 3.10. The highest BCUT2D eigenvalue weighted by Crippen LogP contribution is 2.18. The van der Waals surface area contributed by atoms with Crippen LogP contribution in [-0.4, -0.2) is 10.1 Å². The molecule has 5 heteroatoms. The Morgan fingerprint density at radius 2 is 2.47 bits per heavy atom.